The summed E-state index contributed by atoms with van der Waals surface area (Å²) < 4.78 is 13.1. The molecule has 2 saturated heterocycles. The van der Waals surface area contributed by atoms with E-state index in [2.05, 4.69) is 9.97 Å². The van der Waals surface area contributed by atoms with Crippen LogP contribution in [0.2, 0.25) is 0 Å². The van der Waals surface area contributed by atoms with Gasteiger partial charge in [-0.1, -0.05) is 12.1 Å². The van der Waals surface area contributed by atoms with Crippen LogP contribution in [0.4, 0.5) is 10.1 Å². The summed E-state index contributed by atoms with van der Waals surface area (Å²) in [6.45, 7) is 1.56. The highest BCUT2D eigenvalue weighted by Gasteiger charge is 2.41. The number of likely N-dealkylation sites (tertiary alicyclic amines) is 1. The minimum Gasteiger partial charge on any atom is -0.342 e. The van der Waals surface area contributed by atoms with Gasteiger partial charge >= 0.3 is 0 Å². The second-order valence-electron chi connectivity index (χ2n) is 7.46. The van der Waals surface area contributed by atoms with E-state index in [-0.39, 0.29) is 35.9 Å². The molecule has 5 rings (SSSR count). The predicted molar refractivity (Wildman–Crippen MR) is 102 cm³/mol. The quantitative estimate of drug-likeness (QED) is 0.762. The van der Waals surface area contributed by atoms with Gasteiger partial charge in [-0.15, -0.1) is 0 Å². The highest BCUT2D eigenvalue weighted by atomic mass is 19.1. The van der Waals surface area contributed by atoms with Crippen molar-refractivity contribution in [2.24, 2.45) is 5.92 Å². The molecular weight excluding hydrogens is 359 g/mol. The zero-order chi connectivity index (χ0) is 19.3. The van der Waals surface area contributed by atoms with Crippen LogP contribution in [0.1, 0.15) is 18.2 Å². The van der Waals surface area contributed by atoms with Gasteiger partial charge in [-0.05, 0) is 36.4 Å². The zero-order valence-electron chi connectivity index (χ0n) is 15.1. The summed E-state index contributed by atoms with van der Waals surface area (Å²) in [6, 6.07) is 13.7. The number of para-hydroxylation sites is 2. The Bertz CT molecular complexity index is 1020. The van der Waals surface area contributed by atoms with Crippen LogP contribution in [-0.4, -0.2) is 46.3 Å². The number of nitrogens with zero attached hydrogens (tertiary/aromatic N) is 3. The molecule has 7 heteroatoms. The minimum absolute atomic E-state index is 0.00493. The molecule has 0 bridgehead atoms. The lowest BCUT2D eigenvalue weighted by atomic mass is 9.96. The number of aromatic amines is 1. The molecule has 2 aliphatic heterocycles. The van der Waals surface area contributed by atoms with Crippen LogP contribution >= 0.6 is 0 Å². The first-order chi connectivity index (χ1) is 13.6. The number of nitrogens with one attached hydrogen (secondary N) is 1. The summed E-state index contributed by atoms with van der Waals surface area (Å²) in [4.78, 5) is 36.4. The van der Waals surface area contributed by atoms with E-state index in [1.54, 1.807) is 21.9 Å². The fourth-order valence-corrected chi connectivity index (χ4v) is 4.00. The number of carbonyl (C=O) groups excluding carboxylic acids is 2. The number of carbonyl (C=O) groups is 2. The molecular formula is C21H19FN4O2. The number of halogens is 1. The van der Waals surface area contributed by atoms with Gasteiger partial charge in [0.1, 0.15) is 11.6 Å². The average Bonchev–Trinajstić information content (AvgIpc) is 3.24. The first kappa shape index (κ1) is 16.9. The molecule has 0 radical (unpaired) electrons. The van der Waals surface area contributed by atoms with E-state index in [1.165, 1.54) is 12.1 Å². The maximum Gasteiger partial charge on any atom is 0.228 e. The van der Waals surface area contributed by atoms with Gasteiger partial charge in [0.2, 0.25) is 11.8 Å². The van der Waals surface area contributed by atoms with Crippen molar-refractivity contribution in [1.29, 1.82) is 0 Å². The highest BCUT2D eigenvalue weighted by Crippen LogP contribution is 2.31. The summed E-state index contributed by atoms with van der Waals surface area (Å²) in [7, 11) is 0. The van der Waals surface area contributed by atoms with Crippen LogP contribution in [0.15, 0.2) is 48.5 Å². The zero-order valence-corrected chi connectivity index (χ0v) is 15.1. The Kier molecular flexibility index (Phi) is 3.89. The molecule has 0 spiro atoms. The molecule has 1 aromatic heterocycles. The summed E-state index contributed by atoms with van der Waals surface area (Å²) in [5.41, 5.74) is 2.56. The first-order valence-electron chi connectivity index (χ1n) is 9.38. The predicted octanol–water partition coefficient (Wildman–Crippen LogP) is 2.68. The molecule has 2 aliphatic rings. The van der Waals surface area contributed by atoms with Crippen molar-refractivity contribution in [2.45, 2.75) is 12.3 Å². The van der Waals surface area contributed by atoms with Crippen LogP contribution in [0.3, 0.4) is 0 Å². The van der Waals surface area contributed by atoms with E-state index in [9.17, 15) is 14.0 Å². The normalized spacial score (nSPS) is 20.0. The van der Waals surface area contributed by atoms with E-state index in [1.807, 2.05) is 24.3 Å². The van der Waals surface area contributed by atoms with Crippen molar-refractivity contribution in [2.75, 3.05) is 24.5 Å². The number of hydrogen-bond acceptors (Lipinski definition) is 3. The maximum atomic E-state index is 13.1. The van der Waals surface area contributed by atoms with Gasteiger partial charge < -0.3 is 14.8 Å². The van der Waals surface area contributed by atoms with Crippen molar-refractivity contribution in [1.82, 2.24) is 14.9 Å². The van der Waals surface area contributed by atoms with Crippen LogP contribution < -0.4 is 4.90 Å². The van der Waals surface area contributed by atoms with Gasteiger partial charge in [-0.3, -0.25) is 9.59 Å². The monoisotopic (exact) mass is 378 g/mol. The molecule has 6 nitrogen and oxygen atoms in total. The van der Waals surface area contributed by atoms with Gasteiger partial charge in [0.25, 0.3) is 0 Å². The Morgan fingerprint density at radius 1 is 1.07 bits per heavy atom. The van der Waals surface area contributed by atoms with Crippen molar-refractivity contribution in [3.63, 3.8) is 0 Å². The lowest BCUT2D eigenvalue weighted by Gasteiger charge is -2.39. The molecule has 28 heavy (non-hydrogen) atoms. The van der Waals surface area contributed by atoms with Gasteiger partial charge in [-0.2, -0.15) is 0 Å². The topological polar surface area (TPSA) is 69.3 Å². The SMILES string of the molecule is O=C(C1CC(=O)N(c2ccc(F)cc2)C1)N1CC(c2nc3ccccc3[nH]2)C1. The standard InChI is InChI=1S/C21H19FN4O2/c22-15-5-7-16(8-6-15)26-12-13(9-19(26)27)21(28)25-10-14(11-25)20-23-17-3-1-2-4-18(17)24-20/h1-8,13-14H,9-12H2,(H,23,24). The molecule has 3 aromatic rings. The molecule has 0 saturated carbocycles. The van der Waals surface area contributed by atoms with E-state index in [0.717, 1.165) is 16.9 Å². The van der Waals surface area contributed by atoms with Crippen LogP contribution in [0, 0.1) is 11.7 Å². The van der Waals surface area contributed by atoms with Crippen molar-refractivity contribution >= 4 is 28.5 Å². The fraction of sp³-hybridized carbons (Fsp3) is 0.286. The first-order valence-corrected chi connectivity index (χ1v) is 9.38. The number of hydrogen-bond donors (Lipinski definition) is 1. The highest BCUT2D eigenvalue weighted by molar-refractivity contribution is 6.00. The maximum absolute atomic E-state index is 13.1. The molecule has 1 atom stereocenters. The number of amides is 2. The van der Waals surface area contributed by atoms with Crippen LogP contribution in [-0.2, 0) is 9.59 Å². The number of benzene rings is 2. The third kappa shape index (κ3) is 2.83. The summed E-state index contributed by atoms with van der Waals surface area (Å²) in [5.74, 6) is 0.307. The van der Waals surface area contributed by atoms with Crippen LogP contribution in [0.25, 0.3) is 11.0 Å². The molecule has 1 N–H and O–H groups in total. The van der Waals surface area contributed by atoms with Gasteiger partial charge in [0.15, 0.2) is 0 Å². The molecule has 3 heterocycles. The molecule has 2 amide bonds. The van der Waals surface area contributed by atoms with Crippen molar-refractivity contribution < 1.29 is 14.0 Å². The van der Waals surface area contributed by atoms with E-state index in [0.29, 0.717) is 25.3 Å². The fourth-order valence-electron chi connectivity index (χ4n) is 4.00. The number of H-pyrrole nitrogens is 1. The third-order valence-electron chi connectivity index (χ3n) is 5.60. The third-order valence-corrected chi connectivity index (χ3v) is 5.60. The minimum atomic E-state index is -0.353. The van der Waals surface area contributed by atoms with Gasteiger partial charge in [0.05, 0.1) is 22.9 Å². The Balaban J connectivity index is 1.23. The van der Waals surface area contributed by atoms with Gasteiger partial charge in [0, 0.05) is 31.7 Å². The molecule has 2 aromatic carbocycles. The van der Waals surface area contributed by atoms with Gasteiger partial charge in [-0.25, -0.2) is 9.37 Å². The molecule has 0 aliphatic carbocycles. The van der Waals surface area contributed by atoms with E-state index < -0.39 is 0 Å². The number of aromatic nitrogens is 2. The number of anilines is 1. The molecule has 2 fully saturated rings. The molecule has 142 valence electrons. The lowest BCUT2D eigenvalue weighted by molar-refractivity contribution is -0.140. The number of imidazole rings is 1. The summed E-state index contributed by atoms with van der Waals surface area (Å²) >= 11 is 0. The van der Waals surface area contributed by atoms with E-state index in [4.69, 9.17) is 0 Å². The second-order valence-corrected chi connectivity index (χ2v) is 7.46. The van der Waals surface area contributed by atoms with Crippen molar-refractivity contribution in [3.05, 3.63) is 60.2 Å². The summed E-state index contributed by atoms with van der Waals surface area (Å²) in [6.07, 6.45) is 0.196. The largest absolute Gasteiger partial charge is 0.342 e. The lowest BCUT2D eigenvalue weighted by Crippen LogP contribution is -2.51. The Morgan fingerprint density at radius 3 is 2.57 bits per heavy atom. The van der Waals surface area contributed by atoms with Crippen molar-refractivity contribution in [3.8, 4) is 0 Å². The Labute approximate surface area is 161 Å². The van der Waals surface area contributed by atoms with Crippen LogP contribution in [0.5, 0.6) is 0 Å². The Hall–Kier alpha value is -3.22. The average molecular weight is 378 g/mol. The number of fused-ring (bicyclic) bond motifs is 1. The second kappa shape index (κ2) is 6.44. The number of rotatable bonds is 3. The summed E-state index contributed by atoms with van der Waals surface area (Å²) in [5, 5.41) is 0. The Morgan fingerprint density at radius 2 is 1.82 bits per heavy atom. The smallest absolute Gasteiger partial charge is 0.228 e. The van der Waals surface area contributed by atoms with E-state index >= 15 is 0 Å². The molecule has 1 unspecified atom stereocenters.